The second kappa shape index (κ2) is 5.44. The van der Waals surface area contributed by atoms with Crippen LogP contribution in [0, 0.1) is 0 Å². The fourth-order valence-corrected chi connectivity index (χ4v) is 2.19. The average molecular weight is 313 g/mol. The highest BCUT2D eigenvalue weighted by Crippen LogP contribution is 2.19. The minimum Gasteiger partial charge on any atom is -0.345 e. The summed E-state index contributed by atoms with van der Waals surface area (Å²) in [7, 11) is -2.67. The molecule has 0 unspecified atom stereocenters. The van der Waals surface area contributed by atoms with Gasteiger partial charge in [0, 0.05) is 19.8 Å². The van der Waals surface area contributed by atoms with E-state index in [9.17, 15) is 26.4 Å². The molecule has 1 aromatic rings. The van der Waals surface area contributed by atoms with Crippen molar-refractivity contribution in [1.29, 1.82) is 0 Å². The number of carbonyl (C=O) groups excluding carboxylic acids is 1. The second-order valence-electron chi connectivity index (χ2n) is 4.15. The van der Waals surface area contributed by atoms with Crippen LogP contribution in [0.15, 0.2) is 17.2 Å². The maximum absolute atomic E-state index is 12.3. The summed E-state index contributed by atoms with van der Waals surface area (Å²) in [5, 5.41) is 4.90. The maximum Gasteiger partial charge on any atom is 0.406 e. The molecule has 0 saturated heterocycles. The van der Waals surface area contributed by atoms with E-state index >= 15 is 0 Å². The summed E-state index contributed by atoms with van der Waals surface area (Å²) in [6.45, 7) is -0.167. The summed E-state index contributed by atoms with van der Waals surface area (Å²) >= 11 is 0. The third kappa shape index (κ3) is 3.97. The molecule has 114 valence electrons. The van der Waals surface area contributed by atoms with Crippen LogP contribution in [0.1, 0.15) is 17.4 Å². The fourth-order valence-electron chi connectivity index (χ4n) is 1.61. The van der Waals surface area contributed by atoms with Gasteiger partial charge in [0.25, 0.3) is 5.91 Å². The number of nitrogens with zero attached hydrogens (tertiary/aromatic N) is 2. The molecule has 2 N–H and O–H groups in total. The van der Waals surface area contributed by atoms with Crippen molar-refractivity contribution in [2.75, 3.05) is 13.1 Å². The van der Waals surface area contributed by atoms with E-state index in [1.807, 2.05) is 0 Å². The Balaban J connectivity index is 3.11. The van der Waals surface area contributed by atoms with Crippen molar-refractivity contribution in [2.24, 2.45) is 12.2 Å². The van der Waals surface area contributed by atoms with Crippen molar-refractivity contribution in [3.05, 3.63) is 18.0 Å². The van der Waals surface area contributed by atoms with Crippen LogP contribution >= 0.6 is 0 Å². The van der Waals surface area contributed by atoms with E-state index < -0.39 is 28.7 Å². The van der Waals surface area contributed by atoms with Crippen molar-refractivity contribution >= 4 is 15.9 Å². The van der Waals surface area contributed by atoms with Crippen molar-refractivity contribution < 1.29 is 26.4 Å². The summed E-state index contributed by atoms with van der Waals surface area (Å²) < 4.78 is 60.5. The molecular formula is C10H14F3N3O3S. The second-order valence-corrected chi connectivity index (χ2v) is 5.71. The lowest BCUT2D eigenvalue weighted by molar-refractivity contribution is -0.140. The molecule has 0 radical (unpaired) electrons. The first kappa shape index (κ1) is 16.5. The van der Waals surface area contributed by atoms with Crippen molar-refractivity contribution in [2.45, 2.75) is 18.0 Å². The highest BCUT2D eigenvalue weighted by molar-refractivity contribution is 7.89. The largest absolute Gasteiger partial charge is 0.406 e. The van der Waals surface area contributed by atoms with Crippen LogP contribution in [0.2, 0.25) is 0 Å². The van der Waals surface area contributed by atoms with Crippen molar-refractivity contribution in [3.8, 4) is 0 Å². The molecule has 0 spiro atoms. The standard InChI is InChI=1S/C10H14F3N3O3S/c1-3-16(6-10(11,12)13)9(17)8-4-7(5-15(8)2)20(14,18)19/h4-5H,3,6H2,1-2H3,(H2,14,18,19). The number of sulfonamides is 1. The summed E-state index contributed by atoms with van der Waals surface area (Å²) in [5.74, 6) is -0.915. The Labute approximate surface area is 114 Å². The lowest BCUT2D eigenvalue weighted by atomic mass is 10.3. The van der Waals surface area contributed by atoms with Crippen LogP contribution in [0.5, 0.6) is 0 Å². The van der Waals surface area contributed by atoms with E-state index in [1.54, 1.807) is 0 Å². The Kier molecular flexibility index (Phi) is 4.49. The number of alkyl halides is 3. The molecule has 0 aliphatic carbocycles. The molecule has 6 nitrogen and oxygen atoms in total. The topological polar surface area (TPSA) is 85.4 Å². The van der Waals surface area contributed by atoms with Gasteiger partial charge >= 0.3 is 6.18 Å². The first-order chi connectivity index (χ1) is 8.95. The first-order valence-electron chi connectivity index (χ1n) is 5.51. The van der Waals surface area contributed by atoms with Gasteiger partial charge in [-0.25, -0.2) is 13.6 Å². The minimum absolute atomic E-state index is 0.159. The number of nitrogens with two attached hydrogens (primary N) is 1. The quantitative estimate of drug-likeness (QED) is 0.888. The van der Waals surface area contributed by atoms with Crippen molar-refractivity contribution in [3.63, 3.8) is 0 Å². The Hall–Kier alpha value is -1.55. The molecule has 1 rings (SSSR count). The van der Waals surface area contributed by atoms with Gasteiger partial charge in [0.05, 0.1) is 0 Å². The summed E-state index contributed by atoms with van der Waals surface area (Å²) in [5.41, 5.74) is -0.180. The molecule has 0 aliphatic rings. The number of aromatic nitrogens is 1. The van der Waals surface area contributed by atoms with Gasteiger partial charge in [-0.3, -0.25) is 4.79 Å². The normalized spacial score (nSPS) is 12.5. The number of hydrogen-bond acceptors (Lipinski definition) is 3. The Bertz CT molecular complexity index is 607. The summed E-state index contributed by atoms with van der Waals surface area (Å²) in [6, 6.07) is 0.955. The van der Waals surface area contributed by atoms with E-state index in [-0.39, 0.29) is 17.1 Å². The summed E-state index contributed by atoms with van der Waals surface area (Å²) in [4.78, 5) is 12.2. The first-order valence-corrected chi connectivity index (χ1v) is 7.05. The highest BCUT2D eigenvalue weighted by Gasteiger charge is 2.33. The fraction of sp³-hybridized carbons (Fsp3) is 0.500. The smallest absolute Gasteiger partial charge is 0.345 e. The predicted molar refractivity (Wildman–Crippen MR) is 64.4 cm³/mol. The van der Waals surface area contributed by atoms with E-state index in [1.165, 1.54) is 14.0 Å². The molecule has 0 saturated carbocycles. The third-order valence-corrected chi connectivity index (χ3v) is 3.45. The molecule has 0 atom stereocenters. The molecule has 0 aliphatic heterocycles. The lowest BCUT2D eigenvalue weighted by Crippen LogP contribution is -2.39. The highest BCUT2D eigenvalue weighted by atomic mass is 32.2. The molecule has 0 bridgehead atoms. The van der Waals surface area contributed by atoms with Gasteiger partial charge in [-0.2, -0.15) is 13.2 Å². The zero-order valence-electron chi connectivity index (χ0n) is 10.8. The van der Waals surface area contributed by atoms with Crippen LogP contribution in [0.25, 0.3) is 0 Å². The Morgan fingerprint density at radius 3 is 2.35 bits per heavy atom. The number of amides is 1. The monoisotopic (exact) mass is 313 g/mol. The van der Waals surface area contributed by atoms with Crippen LogP contribution < -0.4 is 5.14 Å². The molecule has 0 fully saturated rings. The van der Waals surface area contributed by atoms with Gasteiger partial charge < -0.3 is 9.47 Å². The van der Waals surface area contributed by atoms with Gasteiger partial charge in [0.15, 0.2) is 0 Å². The van der Waals surface area contributed by atoms with Crippen LogP contribution in [0.4, 0.5) is 13.2 Å². The average Bonchev–Trinajstić information content (AvgIpc) is 2.65. The number of hydrogen-bond donors (Lipinski definition) is 1. The van der Waals surface area contributed by atoms with E-state index in [4.69, 9.17) is 5.14 Å². The Morgan fingerprint density at radius 2 is 2.00 bits per heavy atom. The van der Waals surface area contributed by atoms with Crippen LogP contribution in [-0.4, -0.2) is 43.1 Å². The molecule has 20 heavy (non-hydrogen) atoms. The zero-order valence-corrected chi connectivity index (χ0v) is 11.6. The minimum atomic E-state index is -4.53. The SMILES string of the molecule is CCN(CC(F)(F)F)C(=O)c1cc(S(N)(=O)=O)cn1C. The van der Waals surface area contributed by atoms with Gasteiger partial charge in [-0.15, -0.1) is 0 Å². The molecule has 1 aromatic heterocycles. The van der Waals surface area contributed by atoms with Crippen molar-refractivity contribution in [1.82, 2.24) is 9.47 Å². The molecular weight excluding hydrogens is 299 g/mol. The van der Waals surface area contributed by atoms with Gasteiger partial charge in [0.2, 0.25) is 10.0 Å². The van der Waals surface area contributed by atoms with Gasteiger partial charge in [0.1, 0.15) is 17.1 Å². The molecule has 1 heterocycles. The predicted octanol–water partition coefficient (Wildman–Crippen LogP) is 0.697. The number of halogens is 3. The lowest BCUT2D eigenvalue weighted by Gasteiger charge is -2.22. The Morgan fingerprint density at radius 1 is 1.45 bits per heavy atom. The number of aryl methyl sites for hydroxylation is 1. The third-order valence-electron chi connectivity index (χ3n) is 2.57. The van der Waals surface area contributed by atoms with Gasteiger partial charge in [-0.05, 0) is 13.0 Å². The molecule has 1 amide bonds. The van der Waals surface area contributed by atoms with E-state index in [0.717, 1.165) is 16.8 Å². The zero-order chi connectivity index (χ0) is 15.7. The van der Waals surface area contributed by atoms with Gasteiger partial charge in [-0.1, -0.05) is 0 Å². The summed E-state index contributed by atoms with van der Waals surface area (Å²) in [6.07, 6.45) is -3.45. The number of carbonyl (C=O) groups is 1. The number of rotatable bonds is 4. The van der Waals surface area contributed by atoms with E-state index in [2.05, 4.69) is 0 Å². The van der Waals surface area contributed by atoms with E-state index in [0.29, 0.717) is 4.90 Å². The van der Waals surface area contributed by atoms with Crippen LogP contribution in [0.3, 0.4) is 0 Å². The number of primary sulfonamides is 1. The van der Waals surface area contributed by atoms with Crippen LogP contribution in [-0.2, 0) is 17.1 Å². The maximum atomic E-state index is 12.3. The molecule has 0 aromatic carbocycles. The molecule has 10 heteroatoms.